The number of carbonyl (C=O) groups is 2. The number of nitrogens with zero attached hydrogens (tertiary/aromatic N) is 2. The minimum Gasteiger partial charge on any atom is -0.550 e. The molecule has 3 rings (SSSR count). The Labute approximate surface area is 149 Å². The Morgan fingerprint density at radius 2 is 1.56 bits per heavy atom. The number of carboxylic acid groups (broad SMARTS) is 1. The molecule has 1 aliphatic heterocycles. The van der Waals surface area contributed by atoms with Crippen molar-refractivity contribution in [2.75, 3.05) is 31.1 Å². The molecule has 0 radical (unpaired) electrons. The molecule has 0 unspecified atom stereocenters. The monoisotopic (exact) mass is 343 g/mol. The predicted molar refractivity (Wildman–Crippen MR) is 95.3 cm³/mol. The molecule has 25 heavy (non-hydrogen) atoms. The second-order valence-corrected chi connectivity index (χ2v) is 7.17. The van der Waals surface area contributed by atoms with Gasteiger partial charge in [-0.3, -0.25) is 4.79 Å². The van der Waals surface area contributed by atoms with Crippen LogP contribution in [-0.4, -0.2) is 43.0 Å². The average Bonchev–Trinajstić information content (AvgIpc) is 2.67. The highest BCUT2D eigenvalue weighted by molar-refractivity contribution is 5.80. The van der Waals surface area contributed by atoms with Crippen molar-refractivity contribution in [1.29, 1.82) is 0 Å². The lowest BCUT2D eigenvalue weighted by Crippen LogP contribution is -2.49. The summed E-state index contributed by atoms with van der Waals surface area (Å²) in [4.78, 5) is 26.5. The topological polar surface area (TPSA) is 63.7 Å². The fourth-order valence-electron chi connectivity index (χ4n) is 3.97. The molecule has 1 heterocycles. The van der Waals surface area contributed by atoms with Crippen molar-refractivity contribution in [3.8, 4) is 0 Å². The smallest absolute Gasteiger partial charge is 0.223 e. The molecule has 1 saturated carbocycles. The molecule has 2 aliphatic rings. The van der Waals surface area contributed by atoms with Crippen LogP contribution in [0.25, 0.3) is 0 Å². The number of hydrogen-bond acceptors (Lipinski definition) is 4. The zero-order valence-electron chi connectivity index (χ0n) is 14.8. The molecule has 0 aromatic heterocycles. The van der Waals surface area contributed by atoms with Crippen LogP contribution in [0.5, 0.6) is 0 Å². The number of benzene rings is 1. The molecule has 5 nitrogen and oxygen atoms in total. The van der Waals surface area contributed by atoms with E-state index in [4.69, 9.17) is 0 Å². The summed E-state index contributed by atoms with van der Waals surface area (Å²) >= 11 is 0. The molecule has 0 atom stereocenters. The van der Waals surface area contributed by atoms with Gasteiger partial charge in [0.15, 0.2) is 0 Å². The number of rotatable bonds is 5. The van der Waals surface area contributed by atoms with Gasteiger partial charge in [-0.1, -0.05) is 31.4 Å². The Bertz CT molecular complexity index is 585. The standard InChI is InChI=1S/C20H28N2O3/c23-19(10-11-20(24)25)22-14-12-21(13-15-22)18-8-6-17(7-9-18)16-4-2-1-3-5-16/h6-9,16H,1-5,10-15H2,(H,24,25)/p-1. The Kier molecular flexibility index (Phi) is 5.95. The van der Waals surface area contributed by atoms with Crippen molar-refractivity contribution in [3.63, 3.8) is 0 Å². The van der Waals surface area contributed by atoms with E-state index in [9.17, 15) is 14.7 Å². The van der Waals surface area contributed by atoms with Gasteiger partial charge in [0.05, 0.1) is 0 Å². The molecule has 1 saturated heterocycles. The first-order valence-corrected chi connectivity index (χ1v) is 9.46. The van der Waals surface area contributed by atoms with Crippen LogP contribution < -0.4 is 10.0 Å². The van der Waals surface area contributed by atoms with Crippen LogP contribution >= 0.6 is 0 Å². The zero-order chi connectivity index (χ0) is 17.6. The number of aliphatic carboxylic acids is 1. The summed E-state index contributed by atoms with van der Waals surface area (Å²) in [6.45, 7) is 2.88. The zero-order valence-corrected chi connectivity index (χ0v) is 14.8. The molecule has 0 N–H and O–H groups in total. The van der Waals surface area contributed by atoms with Crippen molar-refractivity contribution >= 4 is 17.6 Å². The molecular weight excluding hydrogens is 316 g/mol. The van der Waals surface area contributed by atoms with E-state index in [0.717, 1.165) is 19.0 Å². The SMILES string of the molecule is O=C([O-])CCC(=O)N1CCN(c2ccc(C3CCCCC3)cc2)CC1. The fraction of sp³-hybridized carbons (Fsp3) is 0.600. The molecule has 1 aromatic rings. The van der Waals surface area contributed by atoms with Crippen molar-refractivity contribution in [2.24, 2.45) is 0 Å². The van der Waals surface area contributed by atoms with Crippen LogP contribution in [0.2, 0.25) is 0 Å². The molecule has 2 fully saturated rings. The molecule has 5 heteroatoms. The van der Waals surface area contributed by atoms with Gasteiger partial charge in [-0.25, -0.2) is 0 Å². The van der Waals surface area contributed by atoms with E-state index in [0.29, 0.717) is 13.1 Å². The fourth-order valence-corrected chi connectivity index (χ4v) is 3.97. The van der Waals surface area contributed by atoms with Gasteiger partial charge in [0.25, 0.3) is 0 Å². The second kappa shape index (κ2) is 8.37. The highest BCUT2D eigenvalue weighted by Gasteiger charge is 2.21. The van der Waals surface area contributed by atoms with Gasteiger partial charge in [-0.15, -0.1) is 0 Å². The van der Waals surface area contributed by atoms with E-state index < -0.39 is 5.97 Å². The number of carbonyl (C=O) groups excluding carboxylic acids is 2. The molecule has 0 spiro atoms. The minimum atomic E-state index is -1.16. The van der Waals surface area contributed by atoms with E-state index >= 15 is 0 Å². The van der Waals surface area contributed by atoms with Crippen LogP contribution in [-0.2, 0) is 9.59 Å². The molecule has 0 bridgehead atoms. The van der Waals surface area contributed by atoms with Crippen molar-refractivity contribution < 1.29 is 14.7 Å². The Morgan fingerprint density at radius 3 is 2.16 bits per heavy atom. The molecule has 136 valence electrons. The molecular formula is C20H27N2O3-. The number of hydrogen-bond donors (Lipinski definition) is 0. The second-order valence-electron chi connectivity index (χ2n) is 7.17. The summed E-state index contributed by atoms with van der Waals surface area (Å²) < 4.78 is 0. The van der Waals surface area contributed by atoms with Crippen LogP contribution in [0.3, 0.4) is 0 Å². The maximum absolute atomic E-state index is 12.0. The lowest BCUT2D eigenvalue weighted by Gasteiger charge is -2.36. The lowest BCUT2D eigenvalue weighted by atomic mass is 9.84. The summed E-state index contributed by atoms with van der Waals surface area (Å²) in [5.41, 5.74) is 2.67. The third-order valence-corrected chi connectivity index (χ3v) is 5.51. The third-order valence-electron chi connectivity index (χ3n) is 5.51. The van der Waals surface area contributed by atoms with Crippen LogP contribution in [0.4, 0.5) is 5.69 Å². The van der Waals surface area contributed by atoms with E-state index in [1.165, 1.54) is 43.4 Å². The Morgan fingerprint density at radius 1 is 0.920 bits per heavy atom. The summed E-state index contributed by atoms with van der Waals surface area (Å²) in [6.07, 6.45) is 6.54. The largest absolute Gasteiger partial charge is 0.550 e. The highest BCUT2D eigenvalue weighted by atomic mass is 16.4. The number of anilines is 1. The van der Waals surface area contributed by atoms with Gasteiger partial charge in [0.1, 0.15) is 0 Å². The van der Waals surface area contributed by atoms with Crippen LogP contribution in [0, 0.1) is 0 Å². The van der Waals surface area contributed by atoms with Gasteiger partial charge >= 0.3 is 0 Å². The molecule has 1 amide bonds. The first-order chi connectivity index (χ1) is 12.1. The van der Waals surface area contributed by atoms with E-state index in [2.05, 4.69) is 29.2 Å². The van der Waals surface area contributed by atoms with E-state index in [1.54, 1.807) is 4.90 Å². The minimum absolute atomic E-state index is 0.0401. The predicted octanol–water partition coefficient (Wildman–Crippen LogP) is 1.91. The van der Waals surface area contributed by atoms with Crippen LogP contribution in [0.1, 0.15) is 56.4 Å². The molecule has 1 aromatic carbocycles. The van der Waals surface area contributed by atoms with Crippen molar-refractivity contribution in [3.05, 3.63) is 29.8 Å². The van der Waals surface area contributed by atoms with Gasteiger partial charge in [-0.05, 0) is 42.9 Å². The first-order valence-electron chi connectivity index (χ1n) is 9.46. The number of amides is 1. The quantitative estimate of drug-likeness (QED) is 0.819. The van der Waals surface area contributed by atoms with Gasteiger partial charge in [0.2, 0.25) is 5.91 Å². The summed E-state index contributed by atoms with van der Waals surface area (Å²) in [6, 6.07) is 8.94. The highest BCUT2D eigenvalue weighted by Crippen LogP contribution is 2.33. The normalized spacial score (nSPS) is 19.0. The molecule has 1 aliphatic carbocycles. The van der Waals surface area contributed by atoms with Gasteiger partial charge in [-0.2, -0.15) is 0 Å². The maximum atomic E-state index is 12.0. The summed E-state index contributed by atoms with van der Waals surface area (Å²) in [5.74, 6) is -0.525. The lowest BCUT2D eigenvalue weighted by molar-refractivity contribution is -0.305. The van der Waals surface area contributed by atoms with Gasteiger partial charge < -0.3 is 19.7 Å². The average molecular weight is 343 g/mol. The number of carboxylic acids is 1. The van der Waals surface area contributed by atoms with Crippen molar-refractivity contribution in [2.45, 2.75) is 50.9 Å². The van der Waals surface area contributed by atoms with E-state index in [-0.39, 0.29) is 18.7 Å². The third kappa shape index (κ3) is 4.74. The first kappa shape index (κ1) is 17.8. The van der Waals surface area contributed by atoms with E-state index in [1.807, 2.05) is 0 Å². The summed E-state index contributed by atoms with van der Waals surface area (Å²) in [7, 11) is 0. The number of piperazine rings is 1. The van der Waals surface area contributed by atoms with Crippen LogP contribution in [0.15, 0.2) is 24.3 Å². The van der Waals surface area contributed by atoms with Crippen molar-refractivity contribution in [1.82, 2.24) is 4.90 Å². The maximum Gasteiger partial charge on any atom is 0.223 e. The Balaban J connectivity index is 1.50. The summed E-state index contributed by atoms with van der Waals surface area (Å²) in [5, 5.41) is 10.5. The van der Waals surface area contributed by atoms with Gasteiger partial charge in [0, 0.05) is 44.3 Å². The Hall–Kier alpha value is -2.04.